The van der Waals surface area contributed by atoms with Crippen LogP contribution in [0.25, 0.3) is 22.3 Å². The maximum atomic E-state index is 12.4. The largest absolute Gasteiger partial charge is 0.361 e. The van der Waals surface area contributed by atoms with E-state index in [0.717, 1.165) is 16.5 Å². The Labute approximate surface area is 162 Å². The number of fused-ring (bicyclic) bond motifs is 1. The van der Waals surface area contributed by atoms with Crippen molar-refractivity contribution < 1.29 is 17.7 Å². The molecule has 0 atom stereocenters. The smallest absolute Gasteiger partial charge is 0.227 e. The average molecular weight is 403 g/mol. The molecule has 1 aromatic carbocycles. The molecule has 1 fully saturated rings. The molecule has 4 rings (SSSR count). The van der Waals surface area contributed by atoms with Gasteiger partial charge in [-0.25, -0.2) is 8.42 Å². The summed E-state index contributed by atoms with van der Waals surface area (Å²) in [5.41, 5.74) is 1.83. The van der Waals surface area contributed by atoms with Crippen molar-refractivity contribution in [1.29, 1.82) is 0 Å². The second-order valence-electron chi connectivity index (χ2n) is 6.83. The van der Waals surface area contributed by atoms with Gasteiger partial charge in [0, 0.05) is 56.3 Å². The molecular weight excluding hydrogens is 382 g/mol. The molecule has 3 aromatic rings. The van der Waals surface area contributed by atoms with E-state index in [9.17, 15) is 13.2 Å². The summed E-state index contributed by atoms with van der Waals surface area (Å²) in [7, 11) is -3.20. The van der Waals surface area contributed by atoms with Gasteiger partial charge in [0.15, 0.2) is 0 Å². The Morgan fingerprint density at radius 2 is 2.00 bits per heavy atom. The second-order valence-corrected chi connectivity index (χ2v) is 8.82. The maximum absolute atomic E-state index is 12.4. The summed E-state index contributed by atoms with van der Waals surface area (Å²) < 4.78 is 29.8. The second kappa shape index (κ2) is 7.36. The number of H-pyrrole nitrogens is 1. The first-order valence-corrected chi connectivity index (χ1v) is 10.9. The number of nitrogens with one attached hydrogen (secondary N) is 1. The Hall–Kier alpha value is -2.72. The molecule has 1 saturated heterocycles. The Morgan fingerprint density at radius 1 is 1.21 bits per heavy atom. The number of benzene rings is 1. The van der Waals surface area contributed by atoms with Crippen molar-refractivity contribution in [3.63, 3.8) is 0 Å². The van der Waals surface area contributed by atoms with Crippen LogP contribution in [0.2, 0.25) is 0 Å². The van der Waals surface area contributed by atoms with Crippen LogP contribution in [0.1, 0.15) is 12.3 Å². The van der Waals surface area contributed by atoms with Crippen molar-refractivity contribution >= 4 is 26.8 Å². The van der Waals surface area contributed by atoms with E-state index < -0.39 is 10.0 Å². The number of piperazine rings is 1. The summed E-state index contributed by atoms with van der Waals surface area (Å²) in [6.07, 6.45) is 3.65. The van der Waals surface area contributed by atoms with E-state index in [1.54, 1.807) is 4.90 Å². The highest BCUT2D eigenvalue weighted by Gasteiger charge is 2.26. The molecule has 0 aliphatic carbocycles. The number of rotatable bonds is 5. The van der Waals surface area contributed by atoms with Crippen molar-refractivity contribution in [3.05, 3.63) is 36.4 Å². The molecular formula is C18H21N5O4S. The molecule has 2 aromatic heterocycles. The Balaban J connectivity index is 1.34. The molecule has 1 amide bonds. The van der Waals surface area contributed by atoms with Gasteiger partial charge in [-0.3, -0.25) is 4.79 Å². The predicted octanol–water partition coefficient (Wildman–Crippen LogP) is 1.25. The number of carbonyl (C=O) groups excluding carboxylic acids is 1. The topological polar surface area (TPSA) is 112 Å². The fourth-order valence-electron chi connectivity index (χ4n) is 3.30. The molecule has 1 N–H and O–H groups in total. The molecule has 9 nitrogen and oxygen atoms in total. The van der Waals surface area contributed by atoms with Crippen LogP contribution in [0.5, 0.6) is 0 Å². The lowest BCUT2D eigenvalue weighted by Crippen LogP contribution is -2.50. The summed E-state index contributed by atoms with van der Waals surface area (Å²) in [6.45, 7) is 1.46. The zero-order valence-electron chi connectivity index (χ0n) is 15.5. The highest BCUT2D eigenvalue weighted by Crippen LogP contribution is 2.22. The Kier molecular flexibility index (Phi) is 4.90. The number of aromatic nitrogens is 3. The summed E-state index contributed by atoms with van der Waals surface area (Å²) >= 11 is 0. The van der Waals surface area contributed by atoms with Crippen molar-refractivity contribution in [3.8, 4) is 11.4 Å². The third-order valence-corrected chi connectivity index (χ3v) is 6.20. The highest BCUT2D eigenvalue weighted by atomic mass is 32.2. The molecule has 0 radical (unpaired) electrons. The van der Waals surface area contributed by atoms with Gasteiger partial charge in [-0.1, -0.05) is 17.3 Å². The zero-order valence-corrected chi connectivity index (χ0v) is 16.3. The van der Waals surface area contributed by atoms with E-state index >= 15 is 0 Å². The number of nitrogens with zero attached hydrogens (tertiary/aromatic N) is 4. The van der Waals surface area contributed by atoms with Crippen LogP contribution in [-0.4, -0.2) is 71.1 Å². The first-order valence-electron chi connectivity index (χ1n) is 9.03. The standard InChI is InChI=1S/C18H21N5O4S/c1-28(25,26)23-10-8-22(9-11-23)17(24)5-4-16-20-18(21-27-16)14-3-2-13-6-7-19-15(13)12-14/h2-3,6-7,12,19H,4-5,8-11H2,1H3. The molecule has 3 heterocycles. The minimum atomic E-state index is -3.20. The summed E-state index contributed by atoms with van der Waals surface area (Å²) in [4.78, 5) is 21.6. The Bertz CT molecular complexity index is 1100. The van der Waals surface area contributed by atoms with Crippen molar-refractivity contribution in [2.75, 3.05) is 32.4 Å². The quantitative estimate of drug-likeness (QED) is 0.686. The van der Waals surface area contributed by atoms with Crippen LogP contribution >= 0.6 is 0 Å². The number of aromatic amines is 1. The molecule has 10 heteroatoms. The highest BCUT2D eigenvalue weighted by molar-refractivity contribution is 7.88. The third-order valence-electron chi connectivity index (χ3n) is 4.89. The van der Waals surface area contributed by atoms with Crippen molar-refractivity contribution in [2.24, 2.45) is 0 Å². The lowest BCUT2D eigenvalue weighted by Gasteiger charge is -2.33. The van der Waals surface area contributed by atoms with Crippen molar-refractivity contribution in [2.45, 2.75) is 12.8 Å². The van der Waals surface area contributed by atoms with Gasteiger partial charge in [0.1, 0.15) is 0 Å². The molecule has 1 aliphatic heterocycles. The maximum Gasteiger partial charge on any atom is 0.227 e. The molecule has 0 spiro atoms. The van der Waals surface area contributed by atoms with E-state index in [2.05, 4.69) is 15.1 Å². The third kappa shape index (κ3) is 3.92. The Morgan fingerprint density at radius 3 is 2.75 bits per heavy atom. The van der Waals surface area contributed by atoms with Crippen LogP contribution in [0.4, 0.5) is 0 Å². The van der Waals surface area contributed by atoms with Crippen LogP contribution < -0.4 is 0 Å². The molecule has 0 bridgehead atoms. The van der Waals surface area contributed by atoms with Crippen LogP contribution in [0.15, 0.2) is 35.0 Å². The molecule has 148 valence electrons. The van der Waals surface area contributed by atoms with Gasteiger partial charge in [-0.2, -0.15) is 9.29 Å². The predicted molar refractivity (Wildman–Crippen MR) is 103 cm³/mol. The summed E-state index contributed by atoms with van der Waals surface area (Å²) in [5, 5.41) is 5.11. The first kappa shape index (κ1) is 18.6. The van der Waals surface area contributed by atoms with Gasteiger partial charge >= 0.3 is 0 Å². The van der Waals surface area contributed by atoms with Crippen LogP contribution in [-0.2, 0) is 21.2 Å². The monoisotopic (exact) mass is 403 g/mol. The SMILES string of the molecule is CS(=O)(=O)N1CCN(C(=O)CCc2nc(-c3ccc4cc[nH]c4c3)no2)CC1. The minimum Gasteiger partial charge on any atom is -0.361 e. The lowest BCUT2D eigenvalue weighted by atomic mass is 10.1. The van der Waals surface area contributed by atoms with Crippen LogP contribution in [0.3, 0.4) is 0 Å². The van der Waals surface area contributed by atoms with E-state index in [4.69, 9.17) is 4.52 Å². The van der Waals surface area contributed by atoms with Gasteiger partial charge in [0.2, 0.25) is 27.6 Å². The first-order chi connectivity index (χ1) is 13.4. The van der Waals surface area contributed by atoms with Gasteiger partial charge < -0.3 is 14.4 Å². The van der Waals surface area contributed by atoms with Crippen LogP contribution in [0, 0.1) is 0 Å². The number of hydrogen-bond acceptors (Lipinski definition) is 6. The zero-order chi connectivity index (χ0) is 19.7. The van der Waals surface area contributed by atoms with Gasteiger partial charge in [-0.15, -0.1) is 0 Å². The normalized spacial score (nSPS) is 16.0. The summed E-state index contributed by atoms with van der Waals surface area (Å²) in [6, 6.07) is 7.85. The lowest BCUT2D eigenvalue weighted by molar-refractivity contribution is -0.132. The van der Waals surface area contributed by atoms with E-state index in [-0.39, 0.29) is 12.3 Å². The van der Waals surface area contributed by atoms with E-state index in [1.165, 1.54) is 10.6 Å². The van der Waals surface area contributed by atoms with Gasteiger partial charge in [-0.05, 0) is 17.5 Å². The van der Waals surface area contributed by atoms with Gasteiger partial charge in [0.25, 0.3) is 0 Å². The number of aryl methyl sites for hydroxylation is 1. The number of amides is 1. The van der Waals surface area contributed by atoms with E-state index in [0.29, 0.717) is 44.3 Å². The molecule has 1 aliphatic rings. The van der Waals surface area contributed by atoms with E-state index in [1.807, 2.05) is 30.5 Å². The molecule has 28 heavy (non-hydrogen) atoms. The minimum absolute atomic E-state index is 0.0410. The van der Waals surface area contributed by atoms with Crippen molar-refractivity contribution in [1.82, 2.24) is 24.3 Å². The number of carbonyl (C=O) groups is 1. The average Bonchev–Trinajstić information content (AvgIpc) is 3.34. The number of hydrogen-bond donors (Lipinski definition) is 1. The molecule has 0 unspecified atom stereocenters. The number of sulfonamides is 1. The van der Waals surface area contributed by atoms with Gasteiger partial charge in [0.05, 0.1) is 6.26 Å². The summed E-state index contributed by atoms with van der Waals surface area (Å²) in [5.74, 6) is 0.853. The fraction of sp³-hybridized carbons (Fsp3) is 0.389. The molecule has 0 saturated carbocycles. The fourth-order valence-corrected chi connectivity index (χ4v) is 4.13.